The van der Waals surface area contributed by atoms with E-state index < -0.39 is 35.4 Å². The zero-order valence-corrected chi connectivity index (χ0v) is 11.1. The Morgan fingerprint density at radius 3 is 2.29 bits per heavy atom. The Kier molecular flexibility index (Phi) is 5.52. The molecule has 11 heteroatoms. The number of alkyl halides is 3. The number of carbonyl (C=O) groups is 1. The van der Waals surface area contributed by atoms with Gasteiger partial charge >= 0.3 is 12.1 Å². The predicted octanol–water partition coefficient (Wildman–Crippen LogP) is 0.922. The van der Waals surface area contributed by atoms with Crippen molar-refractivity contribution in [1.29, 1.82) is 0 Å². The fourth-order valence-electron chi connectivity index (χ4n) is 1.10. The van der Waals surface area contributed by atoms with Crippen LogP contribution >= 0.6 is 0 Å². The highest BCUT2D eigenvalue weighted by molar-refractivity contribution is 7.89. The minimum atomic E-state index is -4.67. The molecule has 2 N–H and O–H groups in total. The molecule has 0 spiro atoms. The summed E-state index contributed by atoms with van der Waals surface area (Å²) in [6.45, 7) is -2.38. The van der Waals surface area contributed by atoms with Crippen LogP contribution in [0, 0.1) is 0 Å². The predicted molar refractivity (Wildman–Crippen MR) is 61.9 cm³/mol. The molecule has 21 heavy (non-hydrogen) atoms. The molecule has 0 heterocycles. The van der Waals surface area contributed by atoms with Crippen molar-refractivity contribution in [1.82, 2.24) is 4.89 Å². The summed E-state index contributed by atoms with van der Waals surface area (Å²) < 4.78 is 63.3. The van der Waals surface area contributed by atoms with Gasteiger partial charge < -0.3 is 9.84 Å². The minimum absolute atomic E-state index is 0.0903. The highest BCUT2D eigenvalue weighted by Crippen LogP contribution is 2.17. The Bertz CT molecular complexity index is 584. The molecule has 1 rings (SSSR count). The number of hydrogen-bond acceptors (Lipinski definition) is 5. The van der Waals surface area contributed by atoms with E-state index >= 15 is 0 Å². The Balaban J connectivity index is 2.65. The van der Waals surface area contributed by atoms with Crippen LogP contribution < -0.4 is 9.62 Å². The molecule has 0 aliphatic rings. The second kappa shape index (κ2) is 6.74. The van der Waals surface area contributed by atoms with Crippen LogP contribution in [0.3, 0.4) is 0 Å². The van der Waals surface area contributed by atoms with Crippen LogP contribution in [0.1, 0.15) is 0 Å². The van der Waals surface area contributed by atoms with Gasteiger partial charge in [0.1, 0.15) is 5.75 Å². The molecule has 0 atom stereocenters. The smallest absolute Gasteiger partial charge is 0.413 e. The third kappa shape index (κ3) is 6.42. The van der Waals surface area contributed by atoms with E-state index in [-0.39, 0.29) is 10.6 Å². The SMILES string of the molecule is O=C(O)COc1ccc(S(=O)(=O)NOCC(F)(F)F)cc1. The first-order valence-corrected chi connectivity index (χ1v) is 6.73. The van der Waals surface area contributed by atoms with Gasteiger partial charge in [0, 0.05) is 0 Å². The fraction of sp³-hybridized carbons (Fsp3) is 0.300. The van der Waals surface area contributed by atoms with Crippen LogP contribution in [0.2, 0.25) is 0 Å². The molecule has 0 aliphatic carbocycles. The van der Waals surface area contributed by atoms with Gasteiger partial charge in [0.2, 0.25) is 0 Å². The van der Waals surface area contributed by atoms with Crippen LogP contribution in [0.25, 0.3) is 0 Å². The minimum Gasteiger partial charge on any atom is -0.482 e. The van der Waals surface area contributed by atoms with Gasteiger partial charge in [-0.3, -0.25) is 4.84 Å². The summed E-state index contributed by atoms with van der Waals surface area (Å²) in [5, 5.41) is 8.38. The van der Waals surface area contributed by atoms with Crippen molar-refractivity contribution in [2.24, 2.45) is 0 Å². The van der Waals surface area contributed by atoms with E-state index in [1.54, 1.807) is 0 Å². The molecule has 0 bridgehead atoms. The van der Waals surface area contributed by atoms with Gasteiger partial charge in [-0.25, -0.2) is 13.2 Å². The monoisotopic (exact) mass is 329 g/mol. The molecule has 0 saturated carbocycles. The third-order valence-corrected chi connectivity index (χ3v) is 3.13. The molecular formula is C10H10F3NO6S. The highest BCUT2D eigenvalue weighted by Gasteiger charge is 2.29. The summed E-state index contributed by atoms with van der Waals surface area (Å²) in [6, 6.07) is 4.36. The third-order valence-electron chi connectivity index (χ3n) is 1.90. The Labute approximate surface area is 117 Å². The summed E-state index contributed by atoms with van der Waals surface area (Å²) in [5.41, 5.74) is 0. The Hall–Kier alpha value is -1.85. The molecule has 7 nitrogen and oxygen atoms in total. The summed E-state index contributed by atoms with van der Waals surface area (Å²) in [4.78, 5) is 15.1. The maximum absolute atomic E-state index is 11.8. The van der Waals surface area contributed by atoms with Gasteiger partial charge in [-0.05, 0) is 24.3 Å². The van der Waals surface area contributed by atoms with Crippen LogP contribution in [0.15, 0.2) is 29.2 Å². The van der Waals surface area contributed by atoms with Crippen molar-refractivity contribution in [3.8, 4) is 5.75 Å². The fourth-order valence-corrected chi connectivity index (χ4v) is 1.90. The number of ether oxygens (including phenoxy) is 1. The van der Waals surface area contributed by atoms with E-state index in [2.05, 4.69) is 4.84 Å². The quantitative estimate of drug-likeness (QED) is 0.721. The summed E-state index contributed by atoms with van der Waals surface area (Å²) >= 11 is 0. The molecule has 0 aromatic heterocycles. The number of carboxylic acid groups (broad SMARTS) is 1. The van der Waals surface area contributed by atoms with Gasteiger partial charge in [-0.1, -0.05) is 4.89 Å². The van der Waals surface area contributed by atoms with Crippen LogP contribution in [-0.2, 0) is 19.7 Å². The lowest BCUT2D eigenvalue weighted by molar-refractivity contribution is -0.181. The first-order chi connectivity index (χ1) is 9.60. The summed E-state index contributed by atoms with van der Waals surface area (Å²) in [7, 11) is -4.27. The average molecular weight is 329 g/mol. The van der Waals surface area contributed by atoms with E-state index in [0.717, 1.165) is 24.3 Å². The first kappa shape index (κ1) is 17.2. The first-order valence-electron chi connectivity index (χ1n) is 5.25. The number of carboxylic acids is 1. The Morgan fingerprint density at radius 1 is 1.24 bits per heavy atom. The molecule has 0 saturated heterocycles. The molecule has 0 unspecified atom stereocenters. The zero-order chi connectivity index (χ0) is 16.1. The summed E-state index contributed by atoms with van der Waals surface area (Å²) in [5.74, 6) is -1.12. The number of halogens is 3. The van der Waals surface area contributed by atoms with Gasteiger partial charge in [0.15, 0.2) is 13.2 Å². The number of hydrogen-bond donors (Lipinski definition) is 2. The molecule has 0 radical (unpaired) electrons. The summed E-state index contributed by atoms with van der Waals surface area (Å²) in [6.07, 6.45) is -4.67. The van der Waals surface area contributed by atoms with E-state index in [9.17, 15) is 26.4 Å². The molecule has 118 valence electrons. The lowest BCUT2D eigenvalue weighted by atomic mass is 10.3. The van der Waals surface area contributed by atoms with Gasteiger partial charge in [0.25, 0.3) is 10.0 Å². The molecular weight excluding hydrogens is 319 g/mol. The largest absolute Gasteiger partial charge is 0.482 e. The lowest BCUT2D eigenvalue weighted by Gasteiger charge is -2.09. The number of rotatable bonds is 7. The van der Waals surface area contributed by atoms with Crippen molar-refractivity contribution in [3.05, 3.63) is 24.3 Å². The van der Waals surface area contributed by atoms with Crippen molar-refractivity contribution in [2.45, 2.75) is 11.1 Å². The molecule has 0 aliphatic heterocycles. The van der Waals surface area contributed by atoms with Gasteiger partial charge in [-0.2, -0.15) is 13.2 Å². The second-order valence-corrected chi connectivity index (χ2v) is 5.29. The average Bonchev–Trinajstić information content (AvgIpc) is 2.35. The van der Waals surface area contributed by atoms with E-state index in [1.807, 2.05) is 0 Å². The molecule has 0 fully saturated rings. The topological polar surface area (TPSA) is 102 Å². The van der Waals surface area contributed by atoms with E-state index in [4.69, 9.17) is 9.84 Å². The maximum atomic E-state index is 11.8. The number of aliphatic carboxylic acids is 1. The zero-order valence-electron chi connectivity index (χ0n) is 10.3. The lowest BCUT2D eigenvalue weighted by Crippen LogP contribution is -2.29. The second-order valence-electron chi connectivity index (χ2n) is 3.64. The van der Waals surface area contributed by atoms with Crippen molar-refractivity contribution < 1.29 is 41.1 Å². The highest BCUT2D eigenvalue weighted by atomic mass is 32.2. The van der Waals surface area contributed by atoms with Crippen molar-refractivity contribution in [3.63, 3.8) is 0 Å². The molecule has 0 amide bonds. The number of sulfonamides is 1. The Morgan fingerprint density at radius 2 is 1.81 bits per heavy atom. The number of benzene rings is 1. The normalized spacial score (nSPS) is 12.1. The van der Waals surface area contributed by atoms with Crippen LogP contribution in [0.4, 0.5) is 13.2 Å². The van der Waals surface area contributed by atoms with Gasteiger partial charge in [0.05, 0.1) is 4.90 Å². The maximum Gasteiger partial charge on any atom is 0.413 e. The van der Waals surface area contributed by atoms with Crippen molar-refractivity contribution in [2.75, 3.05) is 13.2 Å². The standard InChI is InChI=1S/C10H10F3NO6S/c11-10(12,13)6-20-14-21(17,18)8-3-1-7(2-4-8)19-5-9(15)16/h1-4,14H,5-6H2,(H,15,16). The van der Waals surface area contributed by atoms with Crippen LogP contribution in [-0.4, -0.2) is 38.9 Å². The molecule has 1 aromatic carbocycles. The van der Waals surface area contributed by atoms with Crippen molar-refractivity contribution >= 4 is 16.0 Å². The molecule has 1 aromatic rings. The van der Waals surface area contributed by atoms with E-state index in [1.165, 1.54) is 4.89 Å². The van der Waals surface area contributed by atoms with Crippen LogP contribution in [0.5, 0.6) is 5.75 Å². The van der Waals surface area contributed by atoms with E-state index in [0.29, 0.717) is 0 Å². The number of nitrogens with one attached hydrogen (secondary N) is 1. The van der Waals surface area contributed by atoms with Gasteiger partial charge in [-0.15, -0.1) is 0 Å².